The third kappa shape index (κ3) is 4.20. The van der Waals surface area contributed by atoms with Crippen LogP contribution in [0.5, 0.6) is 17.2 Å². The van der Waals surface area contributed by atoms with E-state index >= 15 is 0 Å². The molecule has 0 bridgehead atoms. The van der Waals surface area contributed by atoms with Crippen molar-refractivity contribution in [3.63, 3.8) is 0 Å². The van der Waals surface area contributed by atoms with Crippen molar-refractivity contribution >= 4 is 26.9 Å². The van der Waals surface area contributed by atoms with E-state index in [0.717, 1.165) is 10.0 Å². The summed E-state index contributed by atoms with van der Waals surface area (Å²) in [6.07, 6.45) is 0. The molecule has 0 aliphatic carbocycles. The van der Waals surface area contributed by atoms with Crippen LogP contribution in [-0.4, -0.2) is 0 Å². The highest BCUT2D eigenvalue weighted by atomic mass is 79.9. The van der Waals surface area contributed by atoms with Gasteiger partial charge in [-0.05, 0) is 59.6 Å². The van der Waals surface area contributed by atoms with E-state index in [9.17, 15) is 4.79 Å². The van der Waals surface area contributed by atoms with Gasteiger partial charge in [0.05, 0.1) is 9.86 Å². The van der Waals surface area contributed by atoms with Gasteiger partial charge in [0, 0.05) is 6.07 Å². The maximum absolute atomic E-state index is 12.9. The molecule has 146 valence electrons. The Labute approximate surface area is 176 Å². The van der Waals surface area contributed by atoms with Crippen molar-refractivity contribution in [3.8, 4) is 17.2 Å². The molecule has 0 unspecified atom stereocenters. The molecule has 0 amide bonds. The molecule has 0 N–H and O–H groups in total. The van der Waals surface area contributed by atoms with E-state index < -0.39 is 0 Å². The lowest BCUT2D eigenvalue weighted by atomic mass is 10.1. The number of aryl methyl sites for hydroxylation is 2. The summed E-state index contributed by atoms with van der Waals surface area (Å²) in [6.45, 7) is 4.21. The molecule has 0 aliphatic rings. The zero-order chi connectivity index (χ0) is 20.4. The summed E-state index contributed by atoms with van der Waals surface area (Å²) in [5.74, 6) is 1.78. The molecule has 0 spiro atoms. The highest BCUT2D eigenvalue weighted by molar-refractivity contribution is 9.10. The number of hydrogen-bond acceptors (Lipinski definition) is 4. The second-order valence-corrected chi connectivity index (χ2v) is 7.64. The molecule has 4 aromatic rings. The standard InChI is InChI=1S/C24H19BrO4/c1-15-7-9-17(10-8-15)14-27-18-11-12-19-22(13-18)28-16(2)24(23(19)26)29-21-6-4-3-5-20(21)25/h3-13H,14H2,1-2H3. The molecule has 4 nitrogen and oxygen atoms in total. The minimum atomic E-state index is -0.218. The van der Waals surface area contributed by atoms with Crippen LogP contribution in [0.4, 0.5) is 0 Å². The Morgan fingerprint density at radius 1 is 0.966 bits per heavy atom. The zero-order valence-corrected chi connectivity index (χ0v) is 17.7. The van der Waals surface area contributed by atoms with Gasteiger partial charge < -0.3 is 13.9 Å². The van der Waals surface area contributed by atoms with Crippen molar-refractivity contribution < 1.29 is 13.9 Å². The number of ether oxygens (including phenoxy) is 2. The topological polar surface area (TPSA) is 48.7 Å². The van der Waals surface area contributed by atoms with Crippen LogP contribution in [0.1, 0.15) is 16.9 Å². The van der Waals surface area contributed by atoms with E-state index in [1.807, 2.05) is 49.4 Å². The Hall–Kier alpha value is -3.05. The van der Waals surface area contributed by atoms with Gasteiger partial charge in [0.15, 0.2) is 0 Å². The molecule has 1 aromatic heterocycles. The molecule has 0 saturated heterocycles. The van der Waals surface area contributed by atoms with Crippen molar-refractivity contribution in [2.45, 2.75) is 20.5 Å². The van der Waals surface area contributed by atoms with Crippen LogP contribution >= 0.6 is 15.9 Å². The van der Waals surface area contributed by atoms with Crippen LogP contribution in [0.15, 0.2) is 80.4 Å². The second kappa shape index (κ2) is 8.13. The number of benzene rings is 3. The van der Waals surface area contributed by atoms with Gasteiger partial charge in [-0.2, -0.15) is 0 Å². The average Bonchev–Trinajstić information content (AvgIpc) is 2.72. The van der Waals surface area contributed by atoms with Gasteiger partial charge in [-0.3, -0.25) is 4.79 Å². The molecule has 0 atom stereocenters. The lowest BCUT2D eigenvalue weighted by Crippen LogP contribution is -2.07. The first-order chi connectivity index (χ1) is 14.0. The van der Waals surface area contributed by atoms with Crippen molar-refractivity contribution in [1.29, 1.82) is 0 Å². The summed E-state index contributed by atoms with van der Waals surface area (Å²) in [4.78, 5) is 12.9. The molecular weight excluding hydrogens is 432 g/mol. The van der Waals surface area contributed by atoms with Crippen molar-refractivity contribution in [1.82, 2.24) is 0 Å². The van der Waals surface area contributed by atoms with E-state index in [0.29, 0.717) is 34.8 Å². The minimum Gasteiger partial charge on any atom is -0.489 e. The number of hydrogen-bond donors (Lipinski definition) is 0. The van der Waals surface area contributed by atoms with Crippen molar-refractivity contribution in [2.24, 2.45) is 0 Å². The Morgan fingerprint density at radius 3 is 2.48 bits per heavy atom. The number of rotatable bonds is 5. The second-order valence-electron chi connectivity index (χ2n) is 6.78. The first-order valence-electron chi connectivity index (χ1n) is 9.19. The fourth-order valence-corrected chi connectivity index (χ4v) is 3.33. The third-order valence-corrected chi connectivity index (χ3v) is 5.22. The van der Waals surface area contributed by atoms with Gasteiger partial charge in [-0.25, -0.2) is 0 Å². The normalized spacial score (nSPS) is 10.9. The fraction of sp³-hybridized carbons (Fsp3) is 0.125. The van der Waals surface area contributed by atoms with Crippen LogP contribution in [0.2, 0.25) is 0 Å². The Bertz CT molecular complexity index is 1230. The van der Waals surface area contributed by atoms with Gasteiger partial charge in [0.1, 0.15) is 29.4 Å². The molecule has 0 radical (unpaired) electrons. The lowest BCUT2D eigenvalue weighted by Gasteiger charge is -2.11. The Kier molecular flexibility index (Phi) is 5.41. The van der Waals surface area contributed by atoms with Crippen molar-refractivity contribution in [3.05, 3.63) is 98.3 Å². The first kappa shape index (κ1) is 19.3. The largest absolute Gasteiger partial charge is 0.489 e. The van der Waals surface area contributed by atoms with Gasteiger partial charge in [0.25, 0.3) is 0 Å². The fourth-order valence-electron chi connectivity index (χ4n) is 2.96. The Morgan fingerprint density at radius 2 is 1.72 bits per heavy atom. The minimum absolute atomic E-state index is 0.178. The van der Waals surface area contributed by atoms with Gasteiger partial charge >= 0.3 is 0 Å². The highest BCUT2D eigenvalue weighted by Crippen LogP contribution is 2.31. The van der Waals surface area contributed by atoms with E-state index in [-0.39, 0.29) is 11.2 Å². The number of para-hydroxylation sites is 1. The van der Waals surface area contributed by atoms with Crippen LogP contribution in [0.25, 0.3) is 11.0 Å². The van der Waals surface area contributed by atoms with Crippen LogP contribution < -0.4 is 14.9 Å². The summed E-state index contributed by atoms with van der Waals surface area (Å²) in [5.41, 5.74) is 2.53. The molecule has 0 saturated carbocycles. The zero-order valence-electron chi connectivity index (χ0n) is 16.1. The van der Waals surface area contributed by atoms with Gasteiger partial charge in [-0.1, -0.05) is 42.0 Å². The van der Waals surface area contributed by atoms with Crippen LogP contribution in [0.3, 0.4) is 0 Å². The van der Waals surface area contributed by atoms with Gasteiger partial charge in [-0.15, -0.1) is 0 Å². The highest BCUT2D eigenvalue weighted by Gasteiger charge is 2.15. The summed E-state index contributed by atoms with van der Waals surface area (Å²) in [6, 6.07) is 20.7. The van der Waals surface area contributed by atoms with E-state index in [1.54, 1.807) is 31.2 Å². The summed E-state index contributed by atoms with van der Waals surface area (Å²) in [7, 11) is 0. The van der Waals surface area contributed by atoms with Crippen LogP contribution in [-0.2, 0) is 6.61 Å². The SMILES string of the molecule is Cc1ccc(COc2ccc3c(=O)c(Oc4ccccc4Br)c(C)oc3c2)cc1. The monoisotopic (exact) mass is 450 g/mol. The molecule has 5 heteroatoms. The maximum atomic E-state index is 12.9. The van der Waals surface area contributed by atoms with Gasteiger partial charge in [0.2, 0.25) is 11.2 Å². The summed E-state index contributed by atoms with van der Waals surface area (Å²) >= 11 is 3.43. The average molecular weight is 451 g/mol. The smallest absolute Gasteiger partial charge is 0.235 e. The van der Waals surface area contributed by atoms with Crippen molar-refractivity contribution in [2.75, 3.05) is 0 Å². The molecule has 3 aromatic carbocycles. The molecule has 4 rings (SSSR count). The number of halogens is 1. The lowest BCUT2D eigenvalue weighted by molar-refractivity contribution is 0.306. The van der Waals surface area contributed by atoms with E-state index in [4.69, 9.17) is 13.9 Å². The Balaban J connectivity index is 1.62. The third-order valence-electron chi connectivity index (χ3n) is 4.56. The molecule has 0 aliphatic heterocycles. The summed E-state index contributed by atoms with van der Waals surface area (Å²) < 4.78 is 18.3. The predicted molar refractivity (Wildman–Crippen MR) is 117 cm³/mol. The molecule has 1 heterocycles. The van der Waals surface area contributed by atoms with E-state index in [2.05, 4.69) is 15.9 Å². The molecular formula is C24H19BrO4. The molecule has 29 heavy (non-hydrogen) atoms. The van der Waals surface area contributed by atoms with E-state index in [1.165, 1.54) is 5.56 Å². The summed E-state index contributed by atoms with van der Waals surface area (Å²) in [5, 5.41) is 0.445. The quantitative estimate of drug-likeness (QED) is 0.346. The predicted octanol–water partition coefficient (Wildman–Crippen LogP) is 6.54. The molecule has 0 fully saturated rings. The van der Waals surface area contributed by atoms with Crippen LogP contribution in [0, 0.1) is 13.8 Å². The first-order valence-corrected chi connectivity index (χ1v) is 9.99. The maximum Gasteiger partial charge on any atom is 0.235 e. The number of fused-ring (bicyclic) bond motifs is 1.